The van der Waals surface area contributed by atoms with Crippen LogP contribution in [0.25, 0.3) is 0 Å². The maximum Gasteiger partial charge on any atom is 0.226 e. The van der Waals surface area contributed by atoms with E-state index in [1.165, 1.54) is 25.7 Å². The number of halogens is 1. The van der Waals surface area contributed by atoms with Gasteiger partial charge in [-0.15, -0.1) is 12.4 Å². The van der Waals surface area contributed by atoms with Crippen molar-refractivity contribution in [3.8, 4) is 0 Å². The summed E-state index contributed by atoms with van der Waals surface area (Å²) in [7, 11) is 0. The van der Waals surface area contributed by atoms with Gasteiger partial charge >= 0.3 is 0 Å². The summed E-state index contributed by atoms with van der Waals surface area (Å²) in [6.07, 6.45) is 7.44. The lowest BCUT2D eigenvalue weighted by Gasteiger charge is -2.10. The van der Waals surface area contributed by atoms with Crippen LogP contribution in [0.1, 0.15) is 43.8 Å². The van der Waals surface area contributed by atoms with Gasteiger partial charge in [-0.1, -0.05) is 18.0 Å². The number of nitrogens with one attached hydrogen (secondary N) is 1. The highest BCUT2D eigenvalue weighted by molar-refractivity contribution is 5.85. The maximum absolute atomic E-state index is 5.05. The van der Waals surface area contributed by atoms with Crippen LogP contribution in [-0.4, -0.2) is 22.7 Å². The fraction of sp³-hybridized carbons (Fsp3) is 0.818. The minimum absolute atomic E-state index is 0. The Morgan fingerprint density at radius 1 is 1.38 bits per heavy atom. The van der Waals surface area contributed by atoms with Crippen LogP contribution in [-0.2, 0) is 6.42 Å². The van der Waals surface area contributed by atoms with Crippen LogP contribution < -0.4 is 5.32 Å². The van der Waals surface area contributed by atoms with Crippen molar-refractivity contribution in [2.45, 2.75) is 51.5 Å². The van der Waals surface area contributed by atoms with Crippen molar-refractivity contribution < 1.29 is 4.52 Å². The highest BCUT2D eigenvalue weighted by Crippen LogP contribution is 2.17. The standard InChI is InChI=1S/C11H19N3O.ClH/c1-9-13-11(15-14-9)7-4-8-12-10-5-2-3-6-10;/h10,12H,2-8H2,1H3;1H. The van der Waals surface area contributed by atoms with Gasteiger partial charge in [-0.05, 0) is 32.7 Å². The first kappa shape index (κ1) is 13.5. The van der Waals surface area contributed by atoms with E-state index >= 15 is 0 Å². The molecule has 1 aromatic rings. The average Bonchev–Trinajstić information content (AvgIpc) is 2.84. The molecule has 1 N–H and O–H groups in total. The van der Waals surface area contributed by atoms with Gasteiger partial charge in [0.2, 0.25) is 5.89 Å². The summed E-state index contributed by atoms with van der Waals surface area (Å²) >= 11 is 0. The number of nitrogens with zero attached hydrogens (tertiary/aromatic N) is 2. The van der Waals surface area contributed by atoms with Gasteiger partial charge in [-0.3, -0.25) is 0 Å². The zero-order chi connectivity index (χ0) is 10.5. The molecule has 1 fully saturated rings. The molecular weight excluding hydrogens is 226 g/mol. The first-order valence-corrected chi connectivity index (χ1v) is 5.87. The van der Waals surface area contributed by atoms with E-state index in [9.17, 15) is 0 Å². The molecule has 0 radical (unpaired) electrons. The van der Waals surface area contributed by atoms with E-state index in [4.69, 9.17) is 4.52 Å². The minimum Gasteiger partial charge on any atom is -0.339 e. The molecule has 1 aliphatic rings. The van der Waals surface area contributed by atoms with Crippen molar-refractivity contribution in [1.29, 1.82) is 0 Å². The lowest BCUT2D eigenvalue weighted by molar-refractivity contribution is 0.369. The Bertz CT molecular complexity index is 297. The largest absolute Gasteiger partial charge is 0.339 e. The Labute approximate surface area is 103 Å². The van der Waals surface area contributed by atoms with E-state index in [0.29, 0.717) is 0 Å². The van der Waals surface area contributed by atoms with Gasteiger partial charge in [-0.2, -0.15) is 4.98 Å². The smallest absolute Gasteiger partial charge is 0.226 e. The van der Waals surface area contributed by atoms with Crippen molar-refractivity contribution in [2.24, 2.45) is 0 Å². The second-order valence-corrected chi connectivity index (χ2v) is 4.27. The highest BCUT2D eigenvalue weighted by Gasteiger charge is 2.13. The summed E-state index contributed by atoms with van der Waals surface area (Å²) in [6, 6.07) is 0.759. The molecule has 0 unspecified atom stereocenters. The quantitative estimate of drug-likeness (QED) is 0.809. The molecule has 1 saturated carbocycles. The van der Waals surface area contributed by atoms with Gasteiger partial charge in [0.05, 0.1) is 0 Å². The van der Waals surface area contributed by atoms with Gasteiger partial charge in [0, 0.05) is 12.5 Å². The zero-order valence-electron chi connectivity index (χ0n) is 9.74. The summed E-state index contributed by atoms with van der Waals surface area (Å²) in [5.74, 6) is 1.49. The molecule has 0 aliphatic heterocycles. The highest BCUT2D eigenvalue weighted by atomic mass is 35.5. The maximum atomic E-state index is 5.05. The van der Waals surface area contributed by atoms with E-state index in [0.717, 1.165) is 37.1 Å². The minimum atomic E-state index is 0. The molecule has 1 aliphatic carbocycles. The molecule has 1 heterocycles. The number of rotatable bonds is 5. The van der Waals surface area contributed by atoms with Crippen molar-refractivity contribution in [3.63, 3.8) is 0 Å². The predicted octanol–water partition coefficient (Wildman–Crippen LogP) is 2.26. The van der Waals surface area contributed by atoms with Gasteiger partial charge in [-0.25, -0.2) is 0 Å². The zero-order valence-corrected chi connectivity index (χ0v) is 10.6. The average molecular weight is 246 g/mol. The first-order chi connectivity index (χ1) is 7.34. The van der Waals surface area contributed by atoms with Gasteiger partial charge in [0.25, 0.3) is 0 Å². The summed E-state index contributed by atoms with van der Waals surface area (Å²) in [5, 5.41) is 7.34. The summed E-state index contributed by atoms with van der Waals surface area (Å²) in [4.78, 5) is 4.17. The number of hydrogen-bond donors (Lipinski definition) is 1. The fourth-order valence-electron chi connectivity index (χ4n) is 2.12. The third kappa shape index (κ3) is 4.10. The predicted molar refractivity (Wildman–Crippen MR) is 64.9 cm³/mol. The first-order valence-electron chi connectivity index (χ1n) is 5.87. The molecule has 0 bridgehead atoms. The summed E-state index contributed by atoms with van der Waals surface area (Å²) in [5.41, 5.74) is 0. The Morgan fingerprint density at radius 2 is 2.12 bits per heavy atom. The lowest BCUT2D eigenvalue weighted by Crippen LogP contribution is -2.27. The Balaban J connectivity index is 0.00000128. The topological polar surface area (TPSA) is 51.0 Å². The molecule has 0 amide bonds. The van der Waals surface area contributed by atoms with Crippen LogP contribution in [0.4, 0.5) is 0 Å². The molecule has 0 saturated heterocycles. The Morgan fingerprint density at radius 3 is 2.75 bits per heavy atom. The van der Waals surface area contributed by atoms with Gasteiger partial charge < -0.3 is 9.84 Å². The van der Waals surface area contributed by atoms with Crippen LogP contribution in [0.3, 0.4) is 0 Å². The van der Waals surface area contributed by atoms with Crippen molar-refractivity contribution in [1.82, 2.24) is 15.5 Å². The van der Waals surface area contributed by atoms with Crippen molar-refractivity contribution in [2.75, 3.05) is 6.54 Å². The molecule has 0 spiro atoms. The Hall–Kier alpha value is -0.610. The van der Waals surface area contributed by atoms with Crippen LogP contribution in [0.2, 0.25) is 0 Å². The van der Waals surface area contributed by atoms with Crippen LogP contribution in [0.15, 0.2) is 4.52 Å². The van der Waals surface area contributed by atoms with E-state index in [1.807, 2.05) is 6.92 Å². The van der Waals surface area contributed by atoms with E-state index in [1.54, 1.807) is 0 Å². The molecule has 4 nitrogen and oxygen atoms in total. The monoisotopic (exact) mass is 245 g/mol. The number of aryl methyl sites for hydroxylation is 2. The Kier molecular flexibility index (Phi) is 5.77. The SMILES string of the molecule is Cc1noc(CCCNC2CCCC2)n1.Cl. The van der Waals surface area contributed by atoms with Gasteiger partial charge in [0.15, 0.2) is 5.82 Å². The normalized spacial score (nSPS) is 16.3. The molecule has 16 heavy (non-hydrogen) atoms. The van der Waals surface area contributed by atoms with Gasteiger partial charge in [0.1, 0.15) is 0 Å². The van der Waals surface area contributed by atoms with E-state index in [2.05, 4.69) is 15.5 Å². The molecule has 92 valence electrons. The van der Waals surface area contributed by atoms with E-state index in [-0.39, 0.29) is 12.4 Å². The lowest BCUT2D eigenvalue weighted by atomic mass is 10.2. The van der Waals surface area contributed by atoms with Crippen molar-refractivity contribution >= 4 is 12.4 Å². The van der Waals surface area contributed by atoms with Crippen LogP contribution >= 0.6 is 12.4 Å². The second-order valence-electron chi connectivity index (χ2n) is 4.27. The molecule has 1 aromatic heterocycles. The third-order valence-electron chi connectivity index (χ3n) is 2.93. The fourth-order valence-corrected chi connectivity index (χ4v) is 2.12. The summed E-state index contributed by atoms with van der Waals surface area (Å²) in [6.45, 7) is 2.91. The molecule has 5 heteroatoms. The second kappa shape index (κ2) is 6.86. The summed E-state index contributed by atoms with van der Waals surface area (Å²) < 4.78 is 5.05. The number of hydrogen-bond acceptors (Lipinski definition) is 4. The molecule has 0 atom stereocenters. The number of aromatic nitrogens is 2. The third-order valence-corrected chi connectivity index (χ3v) is 2.93. The molecular formula is C11H20ClN3O. The van der Waals surface area contributed by atoms with Crippen LogP contribution in [0.5, 0.6) is 0 Å². The molecule has 2 rings (SSSR count). The van der Waals surface area contributed by atoms with E-state index < -0.39 is 0 Å². The van der Waals surface area contributed by atoms with Crippen molar-refractivity contribution in [3.05, 3.63) is 11.7 Å². The molecule has 0 aromatic carbocycles. The van der Waals surface area contributed by atoms with Crippen LogP contribution in [0, 0.1) is 6.92 Å².